The average molecular weight is 266 g/mol. The Hall–Kier alpha value is -0.450. The first kappa shape index (κ1) is 12.6. The summed E-state index contributed by atoms with van der Waals surface area (Å²) in [5, 5.41) is 10.6. The molecule has 0 spiro atoms. The molecule has 4 heteroatoms. The van der Waals surface area contributed by atoms with Gasteiger partial charge in [0.1, 0.15) is 5.01 Å². The monoisotopic (exact) mass is 266 g/mol. The Morgan fingerprint density at radius 2 is 1.89 bits per heavy atom. The second-order valence-electron chi connectivity index (χ2n) is 5.54. The molecule has 1 saturated carbocycles. The van der Waals surface area contributed by atoms with E-state index in [0.717, 1.165) is 11.4 Å². The maximum atomic E-state index is 9.42. The van der Waals surface area contributed by atoms with Crippen molar-refractivity contribution in [3.05, 3.63) is 15.6 Å². The molecule has 1 aliphatic heterocycles. The van der Waals surface area contributed by atoms with Crippen LogP contribution in [0.25, 0.3) is 0 Å². The van der Waals surface area contributed by atoms with Crippen molar-refractivity contribution in [2.75, 3.05) is 13.1 Å². The smallest absolute Gasteiger partial charge is 0.107 e. The van der Waals surface area contributed by atoms with Crippen molar-refractivity contribution in [3.8, 4) is 0 Å². The fraction of sp³-hybridized carbons (Fsp3) is 0.786. The number of thiazole rings is 1. The van der Waals surface area contributed by atoms with E-state index in [0.29, 0.717) is 5.92 Å². The highest BCUT2D eigenvalue weighted by Crippen LogP contribution is 2.42. The van der Waals surface area contributed by atoms with Crippen molar-refractivity contribution in [1.29, 1.82) is 0 Å². The zero-order valence-corrected chi connectivity index (χ0v) is 11.7. The van der Waals surface area contributed by atoms with E-state index < -0.39 is 0 Å². The number of nitrogens with zero attached hydrogens (tertiary/aromatic N) is 2. The number of rotatable bonds is 4. The van der Waals surface area contributed by atoms with Crippen LogP contribution < -0.4 is 0 Å². The van der Waals surface area contributed by atoms with Crippen LogP contribution in [0.5, 0.6) is 0 Å². The molecule has 1 aromatic heterocycles. The van der Waals surface area contributed by atoms with Crippen LogP contribution in [-0.2, 0) is 13.2 Å². The van der Waals surface area contributed by atoms with Gasteiger partial charge in [0.05, 0.1) is 23.7 Å². The molecular weight excluding hydrogens is 244 g/mol. The van der Waals surface area contributed by atoms with E-state index in [1.54, 1.807) is 11.3 Å². The van der Waals surface area contributed by atoms with Gasteiger partial charge in [-0.1, -0.05) is 12.8 Å². The number of aromatic nitrogens is 1. The highest BCUT2D eigenvalue weighted by Gasteiger charge is 2.29. The maximum absolute atomic E-state index is 9.42. The van der Waals surface area contributed by atoms with E-state index in [9.17, 15) is 5.11 Å². The third-order valence-electron chi connectivity index (χ3n) is 3.94. The second-order valence-corrected chi connectivity index (χ2v) is 6.71. The third-order valence-corrected chi connectivity index (χ3v) is 4.98. The van der Waals surface area contributed by atoms with Gasteiger partial charge < -0.3 is 5.11 Å². The van der Waals surface area contributed by atoms with Crippen molar-refractivity contribution in [2.45, 2.75) is 57.6 Å². The first-order valence-electron chi connectivity index (χ1n) is 7.18. The van der Waals surface area contributed by atoms with E-state index in [4.69, 9.17) is 4.98 Å². The van der Waals surface area contributed by atoms with E-state index in [1.807, 2.05) is 0 Å². The number of likely N-dealkylation sites (tertiary alicyclic amines) is 1. The van der Waals surface area contributed by atoms with Crippen molar-refractivity contribution >= 4 is 11.3 Å². The molecule has 1 aliphatic carbocycles. The summed E-state index contributed by atoms with van der Waals surface area (Å²) in [5.74, 6) is 0.654. The second kappa shape index (κ2) is 5.68. The molecule has 3 nitrogen and oxygen atoms in total. The number of hydrogen-bond acceptors (Lipinski definition) is 4. The topological polar surface area (TPSA) is 36.4 Å². The molecule has 0 radical (unpaired) electrons. The van der Waals surface area contributed by atoms with Crippen molar-refractivity contribution in [2.24, 2.45) is 0 Å². The Bertz CT molecular complexity index is 392. The Kier molecular flexibility index (Phi) is 3.97. The Morgan fingerprint density at radius 3 is 2.50 bits per heavy atom. The summed E-state index contributed by atoms with van der Waals surface area (Å²) in [6, 6.07) is 0. The van der Waals surface area contributed by atoms with Gasteiger partial charge in [0, 0.05) is 5.92 Å². The van der Waals surface area contributed by atoms with Gasteiger partial charge in [0.15, 0.2) is 0 Å². The molecule has 1 aromatic rings. The molecule has 0 amide bonds. The van der Waals surface area contributed by atoms with Gasteiger partial charge in [-0.15, -0.1) is 11.3 Å². The molecule has 100 valence electrons. The van der Waals surface area contributed by atoms with Crippen LogP contribution in [0, 0.1) is 0 Å². The van der Waals surface area contributed by atoms with Crippen LogP contribution in [0.2, 0.25) is 0 Å². The molecule has 0 aromatic carbocycles. The lowest BCUT2D eigenvalue weighted by atomic mass is 10.2. The van der Waals surface area contributed by atoms with Crippen LogP contribution >= 0.6 is 11.3 Å². The van der Waals surface area contributed by atoms with Gasteiger partial charge in [-0.25, -0.2) is 4.98 Å². The summed E-state index contributed by atoms with van der Waals surface area (Å²) in [5.41, 5.74) is 1.20. The van der Waals surface area contributed by atoms with Gasteiger partial charge in [-0.2, -0.15) is 0 Å². The van der Waals surface area contributed by atoms with Crippen LogP contribution in [-0.4, -0.2) is 28.1 Å². The summed E-state index contributed by atoms with van der Waals surface area (Å²) in [6.07, 6.45) is 7.94. The lowest BCUT2D eigenvalue weighted by Crippen LogP contribution is -2.23. The predicted octanol–water partition coefficient (Wildman–Crippen LogP) is 2.89. The highest BCUT2D eigenvalue weighted by molar-refractivity contribution is 7.11. The predicted molar refractivity (Wildman–Crippen MR) is 73.8 cm³/mol. The summed E-state index contributed by atoms with van der Waals surface area (Å²) in [7, 11) is 0. The van der Waals surface area contributed by atoms with Gasteiger partial charge in [-0.05, 0) is 38.8 Å². The van der Waals surface area contributed by atoms with Crippen molar-refractivity contribution < 1.29 is 5.11 Å². The largest absolute Gasteiger partial charge is 0.391 e. The lowest BCUT2D eigenvalue weighted by Gasteiger charge is -2.17. The fourth-order valence-electron chi connectivity index (χ4n) is 2.76. The molecule has 1 N–H and O–H groups in total. The Morgan fingerprint density at radius 1 is 1.17 bits per heavy atom. The summed E-state index contributed by atoms with van der Waals surface area (Å²) >= 11 is 1.73. The summed E-state index contributed by atoms with van der Waals surface area (Å²) < 4.78 is 0. The highest BCUT2D eigenvalue weighted by atomic mass is 32.1. The molecule has 2 heterocycles. The minimum absolute atomic E-state index is 0.170. The van der Waals surface area contributed by atoms with Gasteiger partial charge >= 0.3 is 0 Å². The summed E-state index contributed by atoms with van der Waals surface area (Å²) in [6.45, 7) is 3.59. The quantitative estimate of drug-likeness (QED) is 0.910. The average Bonchev–Trinajstić information content (AvgIpc) is 3.17. The van der Waals surface area contributed by atoms with Crippen LogP contribution in [0.4, 0.5) is 0 Å². The minimum atomic E-state index is 0.170. The molecule has 18 heavy (non-hydrogen) atoms. The molecular formula is C14H22N2OS. The number of hydrogen-bond donors (Lipinski definition) is 1. The molecule has 1 saturated heterocycles. The standard InChI is InChI=1S/C14H22N2OS/c17-10-12-14(11-5-6-11)15-13(18-12)9-16-7-3-1-2-4-8-16/h11,17H,1-10H2. The maximum Gasteiger partial charge on any atom is 0.107 e. The van der Waals surface area contributed by atoms with E-state index >= 15 is 0 Å². The van der Waals surface area contributed by atoms with Gasteiger partial charge in [-0.3, -0.25) is 4.90 Å². The van der Waals surface area contributed by atoms with Gasteiger partial charge in [0.2, 0.25) is 0 Å². The Balaban J connectivity index is 1.67. The molecule has 0 atom stereocenters. The molecule has 2 aliphatic rings. The number of aliphatic hydroxyl groups is 1. The first-order valence-corrected chi connectivity index (χ1v) is 8.00. The lowest BCUT2D eigenvalue weighted by molar-refractivity contribution is 0.276. The molecule has 3 rings (SSSR count). The molecule has 2 fully saturated rings. The number of aliphatic hydroxyl groups excluding tert-OH is 1. The van der Waals surface area contributed by atoms with Crippen LogP contribution in [0.3, 0.4) is 0 Å². The van der Waals surface area contributed by atoms with Crippen molar-refractivity contribution in [3.63, 3.8) is 0 Å². The molecule has 0 bridgehead atoms. The fourth-order valence-corrected chi connectivity index (χ4v) is 3.81. The van der Waals surface area contributed by atoms with E-state index in [-0.39, 0.29) is 6.61 Å². The zero-order chi connectivity index (χ0) is 12.4. The minimum Gasteiger partial charge on any atom is -0.391 e. The molecule has 0 unspecified atom stereocenters. The zero-order valence-electron chi connectivity index (χ0n) is 10.9. The van der Waals surface area contributed by atoms with Gasteiger partial charge in [0.25, 0.3) is 0 Å². The van der Waals surface area contributed by atoms with E-state index in [1.165, 1.54) is 62.3 Å². The normalized spacial score (nSPS) is 22.1. The Labute approximate surface area is 113 Å². The SMILES string of the molecule is OCc1sc(CN2CCCCCC2)nc1C1CC1. The van der Waals surface area contributed by atoms with Crippen LogP contribution in [0.1, 0.15) is 60.0 Å². The first-order chi connectivity index (χ1) is 8.86. The van der Waals surface area contributed by atoms with E-state index in [2.05, 4.69) is 4.90 Å². The third kappa shape index (κ3) is 2.92. The summed E-state index contributed by atoms with van der Waals surface area (Å²) in [4.78, 5) is 8.43. The van der Waals surface area contributed by atoms with Crippen LogP contribution in [0.15, 0.2) is 0 Å². The van der Waals surface area contributed by atoms with Crippen molar-refractivity contribution in [1.82, 2.24) is 9.88 Å².